The van der Waals surface area contributed by atoms with E-state index in [0.717, 1.165) is 30.9 Å². The number of aryl methyl sites for hydroxylation is 1. The van der Waals surface area contributed by atoms with Gasteiger partial charge in [0.15, 0.2) is 0 Å². The van der Waals surface area contributed by atoms with Gasteiger partial charge < -0.3 is 4.90 Å². The number of piperidine rings is 1. The van der Waals surface area contributed by atoms with Gasteiger partial charge in [-0.05, 0) is 37.7 Å². The third-order valence-corrected chi connectivity index (χ3v) is 2.98. The minimum Gasteiger partial charge on any atom is -0.336 e. The normalized spacial score (nSPS) is 17.1. The van der Waals surface area contributed by atoms with E-state index in [4.69, 9.17) is 0 Å². The van der Waals surface area contributed by atoms with Gasteiger partial charge in [0.05, 0.1) is 0 Å². The first-order valence-electron chi connectivity index (χ1n) is 4.87. The van der Waals surface area contributed by atoms with Crippen LogP contribution >= 0.6 is 11.5 Å². The van der Waals surface area contributed by atoms with Crippen molar-refractivity contribution in [2.75, 3.05) is 13.1 Å². The Morgan fingerprint density at radius 1 is 1.36 bits per heavy atom. The summed E-state index contributed by atoms with van der Waals surface area (Å²) in [5.74, 6) is 0.364. The largest absolute Gasteiger partial charge is 0.336 e. The van der Waals surface area contributed by atoms with Gasteiger partial charge in [-0.2, -0.15) is 4.37 Å². The summed E-state index contributed by atoms with van der Waals surface area (Å²) in [4.78, 5) is 17.8. The Kier molecular flexibility index (Phi) is 2.77. The van der Waals surface area contributed by atoms with Gasteiger partial charge in [0.25, 0.3) is 5.91 Å². The van der Waals surface area contributed by atoms with E-state index in [2.05, 4.69) is 9.36 Å². The predicted molar refractivity (Wildman–Crippen MR) is 54.4 cm³/mol. The van der Waals surface area contributed by atoms with Crippen LogP contribution in [-0.2, 0) is 0 Å². The number of rotatable bonds is 1. The molecular formula is C9H13N3OS. The lowest BCUT2D eigenvalue weighted by Crippen LogP contribution is -2.36. The minimum atomic E-state index is -0.00551. The summed E-state index contributed by atoms with van der Waals surface area (Å²) >= 11 is 1.29. The minimum absolute atomic E-state index is 0.00551. The lowest BCUT2D eigenvalue weighted by molar-refractivity contribution is 0.0713. The van der Waals surface area contributed by atoms with Crippen molar-refractivity contribution in [1.29, 1.82) is 0 Å². The van der Waals surface area contributed by atoms with Gasteiger partial charge >= 0.3 is 0 Å². The maximum atomic E-state index is 11.8. The molecule has 0 saturated carbocycles. The van der Waals surface area contributed by atoms with E-state index in [-0.39, 0.29) is 5.91 Å². The van der Waals surface area contributed by atoms with Crippen LogP contribution in [0.2, 0.25) is 0 Å². The van der Waals surface area contributed by atoms with E-state index in [1.54, 1.807) is 0 Å². The summed E-state index contributed by atoms with van der Waals surface area (Å²) in [6, 6.07) is 0. The van der Waals surface area contributed by atoms with Crippen LogP contribution in [0.25, 0.3) is 0 Å². The molecule has 1 fully saturated rings. The van der Waals surface area contributed by atoms with Crippen molar-refractivity contribution in [1.82, 2.24) is 14.3 Å². The van der Waals surface area contributed by atoms with E-state index < -0.39 is 0 Å². The summed E-state index contributed by atoms with van der Waals surface area (Å²) in [6.07, 6.45) is 3.44. The van der Waals surface area contributed by atoms with E-state index in [9.17, 15) is 4.79 Å². The number of hydrogen-bond donors (Lipinski definition) is 0. The van der Waals surface area contributed by atoms with Crippen molar-refractivity contribution in [2.45, 2.75) is 26.2 Å². The molecule has 0 aliphatic carbocycles. The Hall–Kier alpha value is -0.970. The summed E-state index contributed by atoms with van der Waals surface area (Å²) < 4.78 is 4.03. The van der Waals surface area contributed by atoms with Crippen LogP contribution < -0.4 is 0 Å². The zero-order chi connectivity index (χ0) is 9.97. The number of carbonyl (C=O) groups excluding carboxylic acids is 1. The van der Waals surface area contributed by atoms with Crippen LogP contribution in [-0.4, -0.2) is 33.3 Å². The quantitative estimate of drug-likeness (QED) is 0.706. The number of likely N-dealkylation sites (tertiary alicyclic amines) is 1. The lowest BCUT2D eigenvalue weighted by Gasteiger charge is -2.25. The molecule has 0 N–H and O–H groups in total. The Bertz CT molecular complexity index is 331. The van der Waals surface area contributed by atoms with Crippen molar-refractivity contribution < 1.29 is 4.79 Å². The van der Waals surface area contributed by atoms with Crippen LogP contribution in [0.5, 0.6) is 0 Å². The summed E-state index contributed by atoms with van der Waals surface area (Å²) in [6.45, 7) is 3.58. The molecule has 2 heterocycles. The van der Waals surface area contributed by atoms with Gasteiger partial charge in [0.2, 0.25) is 5.82 Å². The Labute approximate surface area is 87.1 Å². The molecule has 1 aromatic heterocycles. The fourth-order valence-corrected chi connectivity index (χ4v) is 2.09. The number of hydrogen-bond acceptors (Lipinski definition) is 4. The summed E-state index contributed by atoms with van der Waals surface area (Å²) in [5.41, 5.74) is 0. The molecule has 1 aromatic rings. The Balaban J connectivity index is 2.07. The molecule has 1 aliphatic rings. The zero-order valence-corrected chi connectivity index (χ0v) is 9.01. The van der Waals surface area contributed by atoms with Crippen LogP contribution in [0, 0.1) is 6.92 Å². The molecular weight excluding hydrogens is 198 g/mol. The molecule has 2 rings (SSSR count). The van der Waals surface area contributed by atoms with Crippen LogP contribution in [0.1, 0.15) is 34.9 Å². The smallest absolute Gasteiger partial charge is 0.292 e. The number of carbonyl (C=O) groups is 1. The molecule has 0 bridgehead atoms. The topological polar surface area (TPSA) is 46.1 Å². The molecule has 0 spiro atoms. The molecule has 0 atom stereocenters. The maximum Gasteiger partial charge on any atom is 0.292 e. The van der Waals surface area contributed by atoms with Gasteiger partial charge in [-0.3, -0.25) is 4.79 Å². The first-order valence-corrected chi connectivity index (χ1v) is 5.64. The summed E-state index contributed by atoms with van der Waals surface area (Å²) in [5, 5.41) is 0.852. The number of aromatic nitrogens is 2. The van der Waals surface area contributed by atoms with E-state index in [1.807, 2.05) is 11.8 Å². The molecule has 14 heavy (non-hydrogen) atoms. The monoisotopic (exact) mass is 211 g/mol. The van der Waals surface area contributed by atoms with Gasteiger partial charge in [0.1, 0.15) is 5.01 Å². The van der Waals surface area contributed by atoms with Gasteiger partial charge in [-0.15, -0.1) is 0 Å². The average molecular weight is 211 g/mol. The maximum absolute atomic E-state index is 11.8. The molecule has 0 unspecified atom stereocenters. The molecule has 1 amide bonds. The zero-order valence-electron chi connectivity index (χ0n) is 8.19. The van der Waals surface area contributed by atoms with E-state index in [0.29, 0.717) is 5.82 Å². The van der Waals surface area contributed by atoms with E-state index >= 15 is 0 Å². The van der Waals surface area contributed by atoms with Crippen molar-refractivity contribution in [3.05, 3.63) is 10.8 Å². The number of amides is 1. The van der Waals surface area contributed by atoms with Crippen molar-refractivity contribution in [3.63, 3.8) is 0 Å². The average Bonchev–Trinajstić information content (AvgIpc) is 2.65. The van der Waals surface area contributed by atoms with Crippen LogP contribution in [0.4, 0.5) is 0 Å². The van der Waals surface area contributed by atoms with Crippen molar-refractivity contribution in [2.24, 2.45) is 0 Å². The highest BCUT2D eigenvalue weighted by molar-refractivity contribution is 7.05. The third kappa shape index (κ3) is 1.92. The predicted octanol–water partition coefficient (Wildman–Crippen LogP) is 1.47. The summed E-state index contributed by atoms with van der Waals surface area (Å²) in [7, 11) is 0. The Morgan fingerprint density at radius 3 is 2.64 bits per heavy atom. The molecule has 5 heteroatoms. The fraction of sp³-hybridized carbons (Fsp3) is 0.667. The first kappa shape index (κ1) is 9.58. The lowest BCUT2D eigenvalue weighted by atomic mass is 10.1. The molecule has 0 radical (unpaired) electrons. The fourth-order valence-electron chi connectivity index (χ4n) is 1.62. The molecule has 4 nitrogen and oxygen atoms in total. The molecule has 1 aliphatic heterocycles. The van der Waals surface area contributed by atoms with Crippen LogP contribution in [0.15, 0.2) is 0 Å². The SMILES string of the molecule is Cc1nc(C(=O)N2CCCCC2)ns1. The first-order chi connectivity index (χ1) is 6.77. The third-order valence-electron chi connectivity index (χ3n) is 2.36. The standard InChI is InChI=1S/C9H13N3OS/c1-7-10-8(11-14-7)9(13)12-5-3-2-4-6-12/h2-6H2,1H3. The second-order valence-corrected chi connectivity index (χ2v) is 4.45. The second kappa shape index (κ2) is 4.04. The van der Waals surface area contributed by atoms with E-state index in [1.165, 1.54) is 18.0 Å². The number of nitrogens with zero attached hydrogens (tertiary/aromatic N) is 3. The van der Waals surface area contributed by atoms with Crippen molar-refractivity contribution >= 4 is 17.4 Å². The molecule has 0 aromatic carbocycles. The molecule has 76 valence electrons. The van der Waals surface area contributed by atoms with Crippen molar-refractivity contribution in [3.8, 4) is 0 Å². The highest BCUT2D eigenvalue weighted by Gasteiger charge is 2.21. The highest BCUT2D eigenvalue weighted by Crippen LogP contribution is 2.12. The highest BCUT2D eigenvalue weighted by atomic mass is 32.1. The van der Waals surface area contributed by atoms with Gasteiger partial charge in [-0.25, -0.2) is 4.98 Å². The van der Waals surface area contributed by atoms with Gasteiger partial charge in [-0.1, -0.05) is 0 Å². The second-order valence-electron chi connectivity index (χ2n) is 3.49. The molecule has 1 saturated heterocycles. The Morgan fingerprint density at radius 2 is 2.07 bits per heavy atom. The van der Waals surface area contributed by atoms with Crippen LogP contribution in [0.3, 0.4) is 0 Å². The van der Waals surface area contributed by atoms with Gasteiger partial charge in [0, 0.05) is 13.1 Å².